The van der Waals surface area contributed by atoms with Crippen LogP contribution in [0.1, 0.15) is 21.7 Å². The first kappa shape index (κ1) is 15.3. The lowest BCUT2D eigenvalue weighted by Gasteiger charge is -2.28. The number of pyridine rings is 2. The molecule has 2 aliphatic rings. The molecule has 26 heavy (non-hydrogen) atoms. The second-order valence-corrected chi connectivity index (χ2v) is 6.73. The van der Waals surface area contributed by atoms with Crippen LogP contribution in [0.3, 0.4) is 0 Å². The van der Waals surface area contributed by atoms with E-state index < -0.39 is 0 Å². The predicted molar refractivity (Wildman–Crippen MR) is 96.1 cm³/mol. The van der Waals surface area contributed by atoms with E-state index in [1.807, 2.05) is 46.0 Å². The Hall–Kier alpha value is -2.93. The maximum absolute atomic E-state index is 12.9. The smallest absolute Gasteiger partial charge is 0.258 e. The van der Waals surface area contributed by atoms with Gasteiger partial charge in [0.05, 0.1) is 48.4 Å². The van der Waals surface area contributed by atoms with Gasteiger partial charge in [-0.2, -0.15) is 0 Å². The van der Waals surface area contributed by atoms with Gasteiger partial charge in [-0.05, 0) is 18.2 Å². The first-order valence-corrected chi connectivity index (χ1v) is 8.82. The van der Waals surface area contributed by atoms with Crippen LogP contribution in [-0.4, -0.2) is 51.0 Å². The minimum Gasteiger partial charge on any atom is -0.377 e. The minimum atomic E-state index is 0.0413. The van der Waals surface area contributed by atoms with Crippen molar-refractivity contribution in [2.24, 2.45) is 0 Å². The number of carbonyl (C=O) groups is 1. The van der Waals surface area contributed by atoms with Gasteiger partial charge in [0, 0.05) is 31.6 Å². The summed E-state index contributed by atoms with van der Waals surface area (Å²) >= 11 is 0. The van der Waals surface area contributed by atoms with Gasteiger partial charge in [-0.3, -0.25) is 9.78 Å². The molecule has 7 heteroatoms. The number of imidazole rings is 1. The molecule has 0 saturated carbocycles. The quantitative estimate of drug-likeness (QED) is 0.760. The molecule has 0 aromatic carbocycles. The Morgan fingerprint density at radius 2 is 2.19 bits per heavy atom. The van der Waals surface area contributed by atoms with Crippen molar-refractivity contribution in [1.82, 2.24) is 19.3 Å². The number of hydrogen-bond donors (Lipinski definition) is 1. The fourth-order valence-electron chi connectivity index (χ4n) is 3.47. The van der Waals surface area contributed by atoms with E-state index in [-0.39, 0.29) is 11.9 Å². The molecule has 3 aromatic heterocycles. The highest BCUT2D eigenvalue weighted by molar-refractivity contribution is 6.03. The number of fused-ring (bicyclic) bond motifs is 2. The second-order valence-electron chi connectivity index (χ2n) is 6.73. The van der Waals surface area contributed by atoms with Crippen LogP contribution in [0, 0.1) is 0 Å². The standard InChI is InChI=1S/C19H19N5O2/c25-19-18-15(21-14-11-26-12-14)4-6-20-16(18)10-24(19)8-5-13-9-23-7-2-1-3-17(23)22-13/h1-4,6-7,9,14H,5,8,10-12H2,(H,20,21). The summed E-state index contributed by atoms with van der Waals surface area (Å²) < 4.78 is 7.20. The molecule has 2 aliphatic heterocycles. The predicted octanol–water partition coefficient (Wildman–Crippen LogP) is 1.74. The van der Waals surface area contributed by atoms with Gasteiger partial charge in [0.1, 0.15) is 5.65 Å². The van der Waals surface area contributed by atoms with Crippen molar-refractivity contribution in [1.29, 1.82) is 0 Å². The van der Waals surface area contributed by atoms with Crippen LogP contribution >= 0.6 is 0 Å². The summed E-state index contributed by atoms with van der Waals surface area (Å²) in [7, 11) is 0. The summed E-state index contributed by atoms with van der Waals surface area (Å²) in [5.41, 5.74) is 4.32. The molecule has 1 amide bonds. The Morgan fingerprint density at radius 3 is 3.00 bits per heavy atom. The summed E-state index contributed by atoms with van der Waals surface area (Å²) in [6.07, 6.45) is 6.49. The SMILES string of the molecule is O=C1c2c(NC3COC3)ccnc2CN1CCc1cn2ccccc2n1. The number of hydrogen-bond acceptors (Lipinski definition) is 5. The Labute approximate surface area is 150 Å². The van der Waals surface area contributed by atoms with Crippen LogP contribution in [0.5, 0.6) is 0 Å². The van der Waals surface area contributed by atoms with Crippen LogP contribution in [0.25, 0.3) is 5.65 Å². The first-order valence-electron chi connectivity index (χ1n) is 8.82. The number of aromatic nitrogens is 3. The summed E-state index contributed by atoms with van der Waals surface area (Å²) in [4.78, 5) is 23.8. The largest absolute Gasteiger partial charge is 0.377 e. The normalized spacial score (nSPS) is 16.8. The van der Waals surface area contributed by atoms with Crippen LogP contribution in [-0.2, 0) is 17.7 Å². The van der Waals surface area contributed by atoms with Crippen molar-refractivity contribution in [2.45, 2.75) is 19.0 Å². The molecule has 3 aromatic rings. The van der Waals surface area contributed by atoms with E-state index in [0.29, 0.717) is 31.9 Å². The maximum atomic E-state index is 12.9. The molecule has 0 radical (unpaired) electrons. The van der Waals surface area contributed by atoms with Crippen LogP contribution in [0.2, 0.25) is 0 Å². The van der Waals surface area contributed by atoms with E-state index in [0.717, 1.165) is 29.1 Å². The van der Waals surface area contributed by atoms with Gasteiger partial charge in [-0.15, -0.1) is 0 Å². The molecule has 0 atom stereocenters. The van der Waals surface area contributed by atoms with Gasteiger partial charge in [-0.1, -0.05) is 6.07 Å². The van der Waals surface area contributed by atoms with E-state index in [1.165, 1.54) is 0 Å². The lowest BCUT2D eigenvalue weighted by Crippen LogP contribution is -2.40. The Bertz CT molecular complexity index is 946. The third-order valence-corrected chi connectivity index (χ3v) is 4.92. The topological polar surface area (TPSA) is 71.8 Å². The van der Waals surface area contributed by atoms with Gasteiger partial charge in [0.15, 0.2) is 0 Å². The molecular formula is C19H19N5O2. The van der Waals surface area contributed by atoms with E-state index >= 15 is 0 Å². The van der Waals surface area contributed by atoms with Gasteiger partial charge in [0.2, 0.25) is 0 Å². The van der Waals surface area contributed by atoms with E-state index in [1.54, 1.807) is 6.20 Å². The molecule has 0 spiro atoms. The monoisotopic (exact) mass is 349 g/mol. The number of rotatable bonds is 5. The molecule has 1 fully saturated rings. The highest BCUT2D eigenvalue weighted by Crippen LogP contribution is 2.28. The molecule has 5 heterocycles. The van der Waals surface area contributed by atoms with Crippen molar-refractivity contribution in [3.8, 4) is 0 Å². The lowest BCUT2D eigenvalue weighted by atomic mass is 10.1. The molecule has 0 aliphatic carbocycles. The van der Waals surface area contributed by atoms with E-state index in [9.17, 15) is 4.79 Å². The van der Waals surface area contributed by atoms with Crippen LogP contribution < -0.4 is 5.32 Å². The average Bonchev–Trinajstić information content (AvgIpc) is 3.17. The zero-order valence-corrected chi connectivity index (χ0v) is 14.3. The van der Waals surface area contributed by atoms with Gasteiger partial charge in [-0.25, -0.2) is 4.98 Å². The highest BCUT2D eigenvalue weighted by Gasteiger charge is 2.32. The third-order valence-electron chi connectivity index (χ3n) is 4.92. The number of nitrogens with one attached hydrogen (secondary N) is 1. The molecule has 7 nitrogen and oxygen atoms in total. The summed E-state index contributed by atoms with van der Waals surface area (Å²) in [6, 6.07) is 8.08. The Morgan fingerprint density at radius 1 is 1.27 bits per heavy atom. The fourth-order valence-corrected chi connectivity index (χ4v) is 3.47. The van der Waals surface area contributed by atoms with Crippen LogP contribution in [0.15, 0.2) is 42.9 Å². The number of nitrogens with zero attached hydrogens (tertiary/aromatic N) is 4. The molecule has 0 bridgehead atoms. The molecule has 132 valence electrons. The third kappa shape index (κ3) is 2.61. The van der Waals surface area contributed by atoms with Crippen molar-refractivity contribution in [2.75, 3.05) is 25.1 Å². The molecule has 1 saturated heterocycles. The number of anilines is 1. The number of carbonyl (C=O) groups excluding carboxylic acids is 1. The summed E-state index contributed by atoms with van der Waals surface area (Å²) in [6.45, 7) is 2.55. The molecular weight excluding hydrogens is 330 g/mol. The van der Waals surface area contributed by atoms with E-state index in [2.05, 4.69) is 15.3 Å². The fraction of sp³-hybridized carbons (Fsp3) is 0.316. The van der Waals surface area contributed by atoms with Crippen molar-refractivity contribution in [3.63, 3.8) is 0 Å². The van der Waals surface area contributed by atoms with Gasteiger partial charge < -0.3 is 19.4 Å². The summed E-state index contributed by atoms with van der Waals surface area (Å²) in [5, 5.41) is 3.39. The second kappa shape index (κ2) is 6.10. The minimum absolute atomic E-state index is 0.0413. The maximum Gasteiger partial charge on any atom is 0.258 e. The Kier molecular flexibility index (Phi) is 3.60. The van der Waals surface area contributed by atoms with Crippen molar-refractivity contribution >= 4 is 17.2 Å². The van der Waals surface area contributed by atoms with E-state index in [4.69, 9.17) is 4.74 Å². The molecule has 1 N–H and O–H groups in total. The van der Waals surface area contributed by atoms with Crippen LogP contribution in [0.4, 0.5) is 5.69 Å². The van der Waals surface area contributed by atoms with Crippen molar-refractivity contribution < 1.29 is 9.53 Å². The number of ether oxygens (including phenoxy) is 1. The molecule has 5 rings (SSSR count). The summed E-state index contributed by atoms with van der Waals surface area (Å²) in [5.74, 6) is 0.0413. The lowest BCUT2D eigenvalue weighted by molar-refractivity contribution is 0.0210. The molecule has 0 unspecified atom stereocenters. The average molecular weight is 349 g/mol. The zero-order chi connectivity index (χ0) is 17.5. The highest BCUT2D eigenvalue weighted by atomic mass is 16.5. The zero-order valence-electron chi connectivity index (χ0n) is 14.3. The van der Waals surface area contributed by atoms with Crippen molar-refractivity contribution in [3.05, 3.63) is 59.8 Å². The first-order chi connectivity index (χ1) is 12.8. The van der Waals surface area contributed by atoms with Gasteiger partial charge >= 0.3 is 0 Å². The van der Waals surface area contributed by atoms with Gasteiger partial charge in [0.25, 0.3) is 5.91 Å². The Balaban J connectivity index is 1.31. The number of amides is 1.